The number of nitrogens with one attached hydrogen (secondary N) is 2. The second-order valence-corrected chi connectivity index (χ2v) is 14.1. The van der Waals surface area contributed by atoms with Crippen LogP contribution in [0.3, 0.4) is 0 Å². The van der Waals surface area contributed by atoms with E-state index in [9.17, 15) is 19.2 Å². The van der Waals surface area contributed by atoms with Gasteiger partial charge in [0.1, 0.15) is 29.3 Å². The van der Waals surface area contributed by atoms with Crippen molar-refractivity contribution in [2.24, 2.45) is 0 Å². The van der Waals surface area contributed by atoms with E-state index in [1.54, 1.807) is 37.3 Å². The molecule has 1 atom stereocenters. The van der Waals surface area contributed by atoms with Gasteiger partial charge in [-0.2, -0.15) is 4.98 Å². The number of anilines is 1. The van der Waals surface area contributed by atoms with Crippen LogP contribution in [0, 0.1) is 6.92 Å². The number of fused-ring (bicyclic) bond motifs is 1. The van der Waals surface area contributed by atoms with Crippen LogP contribution in [0.1, 0.15) is 90.1 Å². The summed E-state index contributed by atoms with van der Waals surface area (Å²) in [5.74, 6) is 0.559. The van der Waals surface area contributed by atoms with Gasteiger partial charge in [0.2, 0.25) is 29.4 Å². The molecular formula is C41H39N7O7. The highest BCUT2D eigenvalue weighted by molar-refractivity contribution is 6.23. The molecule has 2 aromatic heterocycles. The Labute approximate surface area is 316 Å². The van der Waals surface area contributed by atoms with E-state index in [0.29, 0.717) is 34.7 Å². The van der Waals surface area contributed by atoms with Crippen molar-refractivity contribution in [3.63, 3.8) is 0 Å². The van der Waals surface area contributed by atoms with E-state index in [1.165, 1.54) is 11.1 Å². The molecule has 55 heavy (non-hydrogen) atoms. The first kappa shape index (κ1) is 35.6. The first-order valence-corrected chi connectivity index (χ1v) is 18.5. The molecule has 2 aliphatic heterocycles. The molecule has 4 amide bonds. The summed E-state index contributed by atoms with van der Waals surface area (Å²) in [5.41, 5.74) is 3.90. The van der Waals surface area contributed by atoms with Crippen molar-refractivity contribution in [3.05, 3.63) is 107 Å². The summed E-state index contributed by atoms with van der Waals surface area (Å²) < 4.78 is 17.3. The van der Waals surface area contributed by atoms with E-state index >= 15 is 0 Å². The molecular weight excluding hydrogens is 702 g/mol. The Bertz CT molecular complexity index is 2260. The number of ether oxygens (including phenoxy) is 2. The zero-order chi connectivity index (χ0) is 38.3. The quantitative estimate of drug-likeness (QED) is 0.139. The lowest BCUT2D eigenvalue weighted by atomic mass is 9.70. The number of piperidine rings is 1. The number of aromatic nitrogens is 4. The monoisotopic (exact) mass is 741 g/mol. The number of imide groups is 2. The minimum absolute atomic E-state index is 0.0303. The van der Waals surface area contributed by atoms with Gasteiger partial charge in [-0.25, -0.2) is 0 Å². The molecule has 1 saturated carbocycles. The van der Waals surface area contributed by atoms with E-state index in [4.69, 9.17) is 14.0 Å². The Morgan fingerprint density at radius 3 is 2.16 bits per heavy atom. The number of hydrogen-bond donors (Lipinski definition) is 2. The van der Waals surface area contributed by atoms with Gasteiger partial charge in [-0.3, -0.25) is 29.4 Å². The van der Waals surface area contributed by atoms with Crippen LogP contribution in [-0.2, 0) is 15.0 Å². The van der Waals surface area contributed by atoms with Crippen LogP contribution in [0.25, 0.3) is 11.5 Å². The molecule has 14 nitrogen and oxygen atoms in total. The lowest BCUT2D eigenvalue weighted by Gasteiger charge is -2.37. The fourth-order valence-electron chi connectivity index (χ4n) is 7.71. The number of rotatable bonds is 12. The predicted molar refractivity (Wildman–Crippen MR) is 199 cm³/mol. The van der Waals surface area contributed by atoms with E-state index in [0.717, 1.165) is 36.3 Å². The third-order valence-corrected chi connectivity index (χ3v) is 10.8. The molecule has 0 radical (unpaired) electrons. The van der Waals surface area contributed by atoms with Crippen molar-refractivity contribution in [1.82, 2.24) is 30.6 Å². The molecule has 4 heterocycles. The number of carbonyl (C=O) groups is 4. The highest BCUT2D eigenvalue weighted by Gasteiger charge is 2.45. The van der Waals surface area contributed by atoms with Crippen LogP contribution in [0.4, 0.5) is 5.69 Å². The first-order valence-electron chi connectivity index (χ1n) is 18.5. The third kappa shape index (κ3) is 6.79. The second kappa shape index (κ2) is 14.4. The van der Waals surface area contributed by atoms with Gasteiger partial charge in [-0.1, -0.05) is 43.3 Å². The lowest BCUT2D eigenvalue weighted by Crippen LogP contribution is -2.54. The van der Waals surface area contributed by atoms with Crippen molar-refractivity contribution in [2.75, 3.05) is 5.32 Å². The molecule has 1 unspecified atom stereocenters. The average Bonchev–Trinajstić information content (AvgIpc) is 3.72. The Balaban J connectivity index is 0.857. The van der Waals surface area contributed by atoms with Crippen molar-refractivity contribution in [1.29, 1.82) is 0 Å². The summed E-state index contributed by atoms with van der Waals surface area (Å²) in [6.45, 7) is 6.11. The minimum atomic E-state index is -0.991. The van der Waals surface area contributed by atoms with Crippen molar-refractivity contribution in [3.8, 4) is 28.9 Å². The molecule has 8 rings (SSSR count). The summed E-state index contributed by atoms with van der Waals surface area (Å²) in [5, 5.41) is 17.9. The summed E-state index contributed by atoms with van der Waals surface area (Å²) in [7, 11) is 0. The van der Waals surface area contributed by atoms with Crippen LogP contribution in [0.15, 0.2) is 83.4 Å². The Morgan fingerprint density at radius 2 is 1.55 bits per heavy atom. The maximum absolute atomic E-state index is 13.2. The smallest absolute Gasteiger partial charge is 0.262 e. The number of carbonyl (C=O) groups excluding carboxylic acids is 4. The Morgan fingerprint density at radius 1 is 0.855 bits per heavy atom. The maximum Gasteiger partial charge on any atom is 0.262 e. The summed E-state index contributed by atoms with van der Waals surface area (Å²) >= 11 is 0. The van der Waals surface area contributed by atoms with Crippen LogP contribution >= 0.6 is 0 Å². The Kier molecular flexibility index (Phi) is 9.33. The van der Waals surface area contributed by atoms with E-state index in [1.807, 2.05) is 24.3 Å². The SMILES string of the molecule is CCC(CC)(c1ccc(Oc2ccc(-c3noc(C)n3)nn2)cc1)c1ccc(OC2CC(Nc3ccc4c(c3)C(=O)N(C3CCC(=O)NC3=O)C4=O)C2)cc1. The zero-order valence-corrected chi connectivity index (χ0v) is 30.6. The summed E-state index contributed by atoms with van der Waals surface area (Å²) in [6.07, 6.45) is 3.57. The number of amides is 4. The second-order valence-electron chi connectivity index (χ2n) is 14.1. The first-order chi connectivity index (χ1) is 26.6. The van der Waals surface area contributed by atoms with E-state index in [2.05, 4.69) is 69.1 Å². The lowest BCUT2D eigenvalue weighted by molar-refractivity contribution is -0.136. The normalized spacial score (nSPS) is 19.5. The number of nitrogens with zero attached hydrogens (tertiary/aromatic N) is 5. The van der Waals surface area contributed by atoms with Crippen LogP contribution in [0.2, 0.25) is 0 Å². The zero-order valence-electron chi connectivity index (χ0n) is 30.6. The highest BCUT2D eigenvalue weighted by atomic mass is 16.5. The largest absolute Gasteiger partial charge is 0.490 e. The van der Waals surface area contributed by atoms with Gasteiger partial charge in [0.15, 0.2) is 0 Å². The molecule has 280 valence electrons. The van der Waals surface area contributed by atoms with Gasteiger partial charge < -0.3 is 19.3 Å². The van der Waals surface area contributed by atoms with E-state index < -0.39 is 29.7 Å². The topological polar surface area (TPSA) is 179 Å². The van der Waals surface area contributed by atoms with Crippen LogP contribution in [0.5, 0.6) is 17.4 Å². The van der Waals surface area contributed by atoms with Crippen LogP contribution < -0.4 is 20.1 Å². The van der Waals surface area contributed by atoms with Gasteiger partial charge >= 0.3 is 0 Å². The molecule has 3 aromatic carbocycles. The number of aryl methyl sites for hydroxylation is 1. The van der Waals surface area contributed by atoms with Gasteiger partial charge in [0.25, 0.3) is 11.8 Å². The predicted octanol–water partition coefficient (Wildman–Crippen LogP) is 6.16. The molecule has 0 bridgehead atoms. The number of hydrogen-bond acceptors (Lipinski definition) is 12. The molecule has 5 aromatic rings. The van der Waals surface area contributed by atoms with Gasteiger partial charge in [0, 0.05) is 49.4 Å². The van der Waals surface area contributed by atoms with Crippen molar-refractivity contribution < 1.29 is 33.2 Å². The summed E-state index contributed by atoms with van der Waals surface area (Å²) in [6, 6.07) is 24.1. The fourth-order valence-corrected chi connectivity index (χ4v) is 7.71. The van der Waals surface area contributed by atoms with Crippen molar-refractivity contribution >= 4 is 29.3 Å². The average molecular weight is 742 g/mol. The molecule has 2 fully saturated rings. The van der Waals surface area contributed by atoms with E-state index in [-0.39, 0.29) is 41.5 Å². The third-order valence-electron chi connectivity index (χ3n) is 10.8. The standard InChI is InChI=1S/C41H39N7O7/c1-4-41(5-2,25-8-13-29(14-9-25)54-36-19-16-33(45-46-36)37-42-23(3)55-47-37)24-6-11-28(12-7-24)53-30-20-27(21-30)43-26-10-15-31-32(22-26)40(52)48(39(31)51)34-17-18-35(49)44-38(34)50/h6-16,19,22,27,30,34,43H,4-5,17-18,20-21H2,1-3H3,(H,44,49,50). The molecule has 0 spiro atoms. The molecule has 1 aliphatic carbocycles. The van der Waals surface area contributed by atoms with Gasteiger partial charge in [-0.15, -0.1) is 10.2 Å². The van der Waals surface area contributed by atoms with Gasteiger partial charge in [0.05, 0.1) is 11.1 Å². The maximum atomic E-state index is 13.2. The van der Waals surface area contributed by atoms with Crippen LogP contribution in [-0.4, -0.2) is 67.1 Å². The fraction of sp³-hybridized carbons (Fsp3) is 0.317. The molecule has 14 heteroatoms. The molecule has 3 aliphatic rings. The number of benzene rings is 3. The molecule has 2 N–H and O–H groups in total. The Hall–Kier alpha value is -6.44. The molecule has 1 saturated heterocycles. The van der Waals surface area contributed by atoms with Gasteiger partial charge in [-0.05, 0) is 78.9 Å². The highest BCUT2D eigenvalue weighted by Crippen LogP contribution is 2.41. The van der Waals surface area contributed by atoms with Crippen molar-refractivity contribution in [2.45, 2.75) is 82.9 Å². The minimum Gasteiger partial charge on any atom is -0.490 e. The summed E-state index contributed by atoms with van der Waals surface area (Å²) in [4.78, 5) is 55.4.